The molecule has 0 aliphatic carbocycles. The fraction of sp³-hybridized carbons (Fsp3) is 0.586. The molecule has 2 heterocycles. The zero-order chi connectivity index (χ0) is 79.1. The number of guanidine groups is 2. The van der Waals surface area contributed by atoms with Crippen LogP contribution in [0, 0.1) is 29.6 Å². The molecule has 106 heavy (non-hydrogen) atoms. The molecule has 0 spiro atoms. The molecular formula is C70H110N20O15S. The number of hydrogen-bond donors (Lipinski definition) is 20. The Kier molecular flexibility index (Phi) is 36.5. The summed E-state index contributed by atoms with van der Waals surface area (Å²) >= 11 is 0.859. The zero-order valence-corrected chi connectivity index (χ0v) is 62.7. The number of H-pyrrole nitrogens is 1. The smallest absolute Gasteiger partial charge is 0.245 e. The summed E-state index contributed by atoms with van der Waals surface area (Å²) in [5.74, 6) is -15.5. The van der Waals surface area contributed by atoms with Crippen LogP contribution < -0.4 is 92.5 Å². The Morgan fingerprint density at radius 2 is 0.953 bits per heavy atom. The SMILES string of the molecule is CC[C@H](C)[C@@H]1NC(=O)[C@H](CC(C)C)NC(=O)[C@H](Cc2ccc(O)cc2)NC(=O)CSC[C@@H](C(N)=O)NC(=O)[C@H](Cc2c[nH]c3ccccc23)NC(=O)[C@H](C(C)C)NC(=O)[C@H](CC(C)C)NC(=O)CNC(=O)[C@H](CO)NC(=O)[C@H](CCCN=C(N)N)NC(=O)[C@H](CCCN=C(N)N)NC(=O)[C@H](C(C)C)NC1=O. The van der Waals surface area contributed by atoms with Gasteiger partial charge in [0, 0.05) is 48.8 Å². The van der Waals surface area contributed by atoms with Crippen molar-refractivity contribution >= 4 is 111 Å². The van der Waals surface area contributed by atoms with E-state index in [0.29, 0.717) is 28.5 Å². The Labute approximate surface area is 621 Å². The molecule has 13 amide bonds. The van der Waals surface area contributed by atoms with E-state index in [2.05, 4.69) is 78.8 Å². The van der Waals surface area contributed by atoms with Crippen LogP contribution in [0.3, 0.4) is 0 Å². The molecule has 25 N–H and O–H groups in total. The van der Waals surface area contributed by atoms with E-state index in [0.717, 1.165) is 11.8 Å². The van der Waals surface area contributed by atoms with E-state index in [9.17, 15) is 72.5 Å². The molecule has 1 aliphatic rings. The number of thioether (sulfide) groups is 1. The number of aromatic amines is 1. The third kappa shape index (κ3) is 29.7. The summed E-state index contributed by atoms with van der Waals surface area (Å²) in [6, 6.07) is -2.95. The van der Waals surface area contributed by atoms with Gasteiger partial charge in [0.25, 0.3) is 0 Å². The van der Waals surface area contributed by atoms with Crippen molar-refractivity contribution in [2.24, 2.45) is 68.2 Å². The van der Waals surface area contributed by atoms with Crippen molar-refractivity contribution in [1.29, 1.82) is 0 Å². The number of carbonyl (C=O) groups excluding carboxylic acids is 13. The lowest BCUT2D eigenvalue weighted by molar-refractivity contribution is -0.137. The molecule has 1 fully saturated rings. The highest BCUT2D eigenvalue weighted by Crippen LogP contribution is 2.21. The summed E-state index contributed by atoms with van der Waals surface area (Å²) in [7, 11) is 0. The number of nitrogens with two attached hydrogens (primary N) is 5. The quantitative estimate of drug-likeness (QED) is 0.0269. The van der Waals surface area contributed by atoms with Crippen LogP contribution in [0.25, 0.3) is 10.9 Å². The van der Waals surface area contributed by atoms with Crippen molar-refractivity contribution in [3.8, 4) is 5.75 Å². The molecule has 3 aromatic rings. The molecule has 12 atom stereocenters. The van der Waals surface area contributed by atoms with Gasteiger partial charge in [-0.1, -0.05) is 106 Å². The van der Waals surface area contributed by atoms with Crippen molar-refractivity contribution in [1.82, 2.24) is 68.8 Å². The van der Waals surface area contributed by atoms with Gasteiger partial charge in [0.2, 0.25) is 76.8 Å². The van der Waals surface area contributed by atoms with Gasteiger partial charge in [-0.25, -0.2) is 0 Å². The molecule has 1 saturated heterocycles. The minimum Gasteiger partial charge on any atom is -0.508 e. The van der Waals surface area contributed by atoms with Crippen LogP contribution >= 0.6 is 11.8 Å². The van der Waals surface area contributed by atoms with Gasteiger partial charge in [-0.2, -0.15) is 0 Å². The number of nitrogens with zero attached hydrogens (tertiary/aromatic N) is 2. The fourth-order valence-electron chi connectivity index (χ4n) is 11.3. The van der Waals surface area contributed by atoms with Gasteiger partial charge in [0.05, 0.1) is 18.9 Å². The molecule has 586 valence electrons. The minimum atomic E-state index is -1.76. The first kappa shape index (κ1) is 88.1. The number of phenolic OH excluding ortho intramolecular Hbond substituents is 1. The summed E-state index contributed by atoms with van der Waals surface area (Å²) in [4.78, 5) is 197. The van der Waals surface area contributed by atoms with E-state index in [1.54, 1.807) is 99.7 Å². The van der Waals surface area contributed by atoms with Gasteiger partial charge >= 0.3 is 0 Å². The molecule has 1 aromatic heterocycles. The van der Waals surface area contributed by atoms with Crippen molar-refractivity contribution in [3.05, 3.63) is 65.9 Å². The van der Waals surface area contributed by atoms with Crippen LogP contribution in [0.2, 0.25) is 0 Å². The first-order valence-electron chi connectivity index (χ1n) is 35.5. The number of hydrogen-bond acceptors (Lipinski definition) is 18. The van der Waals surface area contributed by atoms with E-state index in [-0.39, 0.29) is 99.7 Å². The summed E-state index contributed by atoms with van der Waals surface area (Å²) in [5, 5.41) is 52.9. The van der Waals surface area contributed by atoms with Crippen LogP contribution in [-0.2, 0) is 75.2 Å². The highest BCUT2D eigenvalue weighted by atomic mass is 32.2. The molecule has 0 unspecified atom stereocenters. The minimum absolute atomic E-state index is 0.00624. The van der Waals surface area contributed by atoms with E-state index >= 15 is 0 Å². The second-order valence-corrected chi connectivity index (χ2v) is 28.9. The fourth-order valence-corrected chi connectivity index (χ4v) is 12.2. The lowest BCUT2D eigenvalue weighted by atomic mass is 9.95. The third-order valence-corrected chi connectivity index (χ3v) is 18.4. The van der Waals surface area contributed by atoms with Crippen LogP contribution in [0.5, 0.6) is 5.75 Å². The van der Waals surface area contributed by atoms with E-state index < -0.39 is 180 Å². The number of amides is 13. The maximum atomic E-state index is 14.7. The lowest BCUT2D eigenvalue weighted by Crippen LogP contribution is -2.62. The second kappa shape index (κ2) is 43.9. The van der Waals surface area contributed by atoms with E-state index in [1.165, 1.54) is 24.3 Å². The van der Waals surface area contributed by atoms with Gasteiger partial charge in [-0.15, -0.1) is 11.8 Å². The summed E-state index contributed by atoms with van der Waals surface area (Å²) in [6.07, 6.45) is 1.39. The molecule has 4 rings (SSSR count). The lowest BCUT2D eigenvalue weighted by Gasteiger charge is -2.31. The Hall–Kier alpha value is -10.3. The van der Waals surface area contributed by atoms with Crippen LogP contribution in [0.1, 0.15) is 125 Å². The first-order valence-corrected chi connectivity index (χ1v) is 36.7. The maximum absolute atomic E-state index is 14.7. The highest BCUT2D eigenvalue weighted by molar-refractivity contribution is 8.00. The molecule has 0 saturated carbocycles. The van der Waals surface area contributed by atoms with Crippen LogP contribution in [0.15, 0.2) is 64.7 Å². The number of aromatic nitrogens is 1. The number of rotatable bonds is 22. The van der Waals surface area contributed by atoms with E-state index in [4.69, 9.17) is 28.7 Å². The van der Waals surface area contributed by atoms with Crippen molar-refractivity contribution < 1.29 is 72.5 Å². The number of benzene rings is 2. The van der Waals surface area contributed by atoms with Gasteiger partial charge in [0.1, 0.15) is 72.2 Å². The van der Waals surface area contributed by atoms with Crippen LogP contribution in [-0.4, -0.2) is 208 Å². The Morgan fingerprint density at radius 3 is 1.47 bits per heavy atom. The van der Waals surface area contributed by atoms with Crippen molar-refractivity contribution in [2.45, 2.75) is 193 Å². The number of nitrogens with one attached hydrogen (secondary N) is 13. The maximum Gasteiger partial charge on any atom is 0.245 e. The number of phenols is 1. The largest absolute Gasteiger partial charge is 0.508 e. The number of primary amides is 1. The average Bonchev–Trinajstić information content (AvgIpc) is 1.75. The zero-order valence-electron chi connectivity index (χ0n) is 61.9. The number of fused-ring (bicyclic) bond motifs is 1. The van der Waals surface area contributed by atoms with Gasteiger partial charge < -0.3 is 108 Å². The predicted molar refractivity (Wildman–Crippen MR) is 400 cm³/mol. The molecule has 36 heteroatoms. The van der Waals surface area contributed by atoms with Gasteiger partial charge in [-0.3, -0.25) is 72.3 Å². The number of carbonyl (C=O) groups is 13. The van der Waals surface area contributed by atoms with Crippen LogP contribution in [0.4, 0.5) is 0 Å². The van der Waals surface area contributed by atoms with E-state index in [1.807, 2.05) is 0 Å². The molecule has 0 bridgehead atoms. The Balaban J connectivity index is 1.84. The molecular weight excluding hydrogens is 1390 g/mol. The Bertz CT molecular complexity index is 3560. The number of para-hydroxylation sites is 1. The molecule has 0 radical (unpaired) electrons. The summed E-state index contributed by atoms with van der Waals surface area (Å²) in [5.41, 5.74) is 29.9. The number of aliphatic imine (C=N–C) groups is 2. The summed E-state index contributed by atoms with van der Waals surface area (Å²) < 4.78 is 0. The summed E-state index contributed by atoms with van der Waals surface area (Å²) in [6.45, 7) is 15.1. The predicted octanol–water partition coefficient (Wildman–Crippen LogP) is -3.11. The number of aromatic hydroxyl groups is 1. The second-order valence-electron chi connectivity index (χ2n) is 27.8. The normalized spacial score (nSPS) is 23.8. The van der Waals surface area contributed by atoms with Crippen molar-refractivity contribution in [3.63, 3.8) is 0 Å². The standard InChI is InChI=1S/C70H110N20O15S/c1-11-39(10)57-68(105)89-56(38(8)9)66(103)83-46(19-15-25-77-70(74)75)60(97)82-45(18-14-24-76-69(72)73)61(98)86-51(32-91)59(96)79-31-53(93)80-47(26-35(2)3)64(101)88-55(37(6)7)67(104)85-50(29-41-30-78-44-17-13-12-16-43(41)44)63(100)87-52(58(71)95)33-106-34-54(94)81-49(28-40-20-22-42(92)23-21-40)62(99)84-48(27-36(4)5)65(102)90-57/h12-13,16-17,20-23,30,35-39,45-52,55-57,78,91-92H,11,14-15,18-19,24-29,31-34H2,1-10H3,(H2,71,95)(H,79,96)(H,80,93)(H,81,94)(H,82,97)(H,83,103)(H,84,99)(H,85,104)(H,86,98)(H,87,100)(H,88,101)(H,89,105)(H,90,102)(H4,72,73,76)(H4,74,75,77)/t39-,45-,46-,47-,48-,49-,50-,51-,52-,55-,56-,57-/m0/s1. The first-order chi connectivity index (χ1) is 50.0. The topological polar surface area (TPSA) is 577 Å². The van der Waals surface area contributed by atoms with Gasteiger partial charge in [-0.05, 0) is 97.4 Å². The average molecular weight is 1500 g/mol. The van der Waals surface area contributed by atoms with Gasteiger partial charge in [0.15, 0.2) is 11.9 Å². The number of aliphatic hydroxyl groups is 1. The molecule has 35 nitrogen and oxygen atoms in total. The molecule has 2 aromatic carbocycles. The third-order valence-electron chi connectivity index (χ3n) is 17.3. The highest BCUT2D eigenvalue weighted by Gasteiger charge is 2.39. The molecule has 1 aliphatic heterocycles. The van der Waals surface area contributed by atoms with Crippen molar-refractivity contribution in [2.75, 3.05) is 37.7 Å². The monoisotopic (exact) mass is 1500 g/mol. The number of aliphatic hydroxyl groups excluding tert-OH is 1. The Morgan fingerprint density at radius 1 is 0.509 bits per heavy atom.